The van der Waals surface area contributed by atoms with E-state index >= 15 is 0 Å². The number of hydrogen-bond donors (Lipinski definition) is 4. The topological polar surface area (TPSA) is 95.9 Å². The van der Waals surface area contributed by atoms with Crippen LogP contribution in [0.25, 0.3) is 0 Å². The molecule has 0 aromatic rings. The second kappa shape index (κ2) is 3.61. The molecule has 0 saturated carbocycles. The number of aliphatic hydroxyl groups is 3. The zero-order valence-corrected chi connectivity index (χ0v) is 8.74. The molecule has 0 saturated heterocycles. The van der Waals surface area contributed by atoms with Gasteiger partial charge in [-0.25, -0.2) is 0 Å². The van der Waals surface area contributed by atoms with Gasteiger partial charge in [-0.15, -0.1) is 0 Å². The first kappa shape index (κ1) is 11.0. The van der Waals surface area contributed by atoms with Crippen molar-refractivity contribution in [3.63, 3.8) is 0 Å². The van der Waals surface area contributed by atoms with E-state index in [0.717, 1.165) is 0 Å². The van der Waals surface area contributed by atoms with E-state index in [9.17, 15) is 5.11 Å². The average Bonchev–Trinajstić information content (AvgIpc) is 1.87. The third kappa shape index (κ3) is 2.51. The standard InChI is InChI=1S/C5H15NO4Si/c1-2-3-4(6,7)5(8,9)10-11/h7-9H,2-3,6H2,1,11H3. The molecule has 0 aliphatic rings. The molecule has 68 valence electrons. The van der Waals surface area contributed by atoms with Crippen molar-refractivity contribution in [3.8, 4) is 0 Å². The van der Waals surface area contributed by atoms with E-state index in [-0.39, 0.29) is 16.9 Å². The van der Waals surface area contributed by atoms with Crippen LogP contribution >= 0.6 is 0 Å². The van der Waals surface area contributed by atoms with Crippen molar-refractivity contribution in [3.05, 3.63) is 0 Å². The van der Waals surface area contributed by atoms with Crippen LogP contribution in [0.2, 0.25) is 0 Å². The fourth-order valence-electron chi connectivity index (χ4n) is 0.721. The summed E-state index contributed by atoms with van der Waals surface area (Å²) >= 11 is 0. The Morgan fingerprint density at radius 1 is 1.45 bits per heavy atom. The summed E-state index contributed by atoms with van der Waals surface area (Å²) in [5.74, 6) is -2.62. The molecule has 0 aromatic carbocycles. The lowest BCUT2D eigenvalue weighted by atomic mass is 10.1. The van der Waals surface area contributed by atoms with Crippen LogP contribution in [-0.2, 0) is 4.43 Å². The van der Waals surface area contributed by atoms with Gasteiger partial charge in [-0.3, -0.25) is 5.73 Å². The first-order chi connectivity index (χ1) is 4.87. The molecule has 0 aliphatic carbocycles. The van der Waals surface area contributed by atoms with Crippen molar-refractivity contribution in [2.45, 2.75) is 31.5 Å². The molecule has 0 spiro atoms. The van der Waals surface area contributed by atoms with Crippen LogP contribution in [0, 0.1) is 0 Å². The van der Waals surface area contributed by atoms with E-state index in [0.29, 0.717) is 6.42 Å². The molecule has 0 aliphatic heterocycles. The Morgan fingerprint density at radius 2 is 1.91 bits per heavy atom. The number of hydrogen-bond acceptors (Lipinski definition) is 5. The Kier molecular flexibility index (Phi) is 3.62. The molecule has 0 aromatic heterocycles. The largest absolute Gasteiger partial charge is 0.377 e. The van der Waals surface area contributed by atoms with E-state index in [1.807, 2.05) is 0 Å². The second-order valence-corrected chi connectivity index (χ2v) is 2.89. The van der Waals surface area contributed by atoms with E-state index in [4.69, 9.17) is 15.9 Å². The Morgan fingerprint density at radius 3 is 2.18 bits per heavy atom. The van der Waals surface area contributed by atoms with Crippen LogP contribution in [0.5, 0.6) is 0 Å². The summed E-state index contributed by atoms with van der Waals surface area (Å²) in [7, 11) is 0.0953. The highest BCUT2D eigenvalue weighted by atomic mass is 28.2. The minimum atomic E-state index is -2.62. The maximum atomic E-state index is 9.22. The summed E-state index contributed by atoms with van der Waals surface area (Å²) in [4.78, 5) is 0. The average molecular weight is 181 g/mol. The predicted octanol–water partition coefficient (Wildman–Crippen LogP) is -2.63. The van der Waals surface area contributed by atoms with Gasteiger partial charge in [0.1, 0.15) is 0 Å². The minimum Gasteiger partial charge on any atom is -0.377 e. The Balaban J connectivity index is 4.26. The highest BCUT2D eigenvalue weighted by Crippen LogP contribution is 2.19. The van der Waals surface area contributed by atoms with Gasteiger partial charge in [0.15, 0.2) is 16.2 Å². The highest BCUT2D eigenvalue weighted by molar-refractivity contribution is 5.98. The van der Waals surface area contributed by atoms with Crippen molar-refractivity contribution < 1.29 is 19.7 Å². The predicted molar refractivity (Wildman–Crippen MR) is 42.2 cm³/mol. The first-order valence-corrected chi connectivity index (χ1v) is 4.20. The van der Waals surface area contributed by atoms with Crippen molar-refractivity contribution >= 4 is 10.5 Å². The smallest absolute Gasteiger partial charge is 0.312 e. The van der Waals surface area contributed by atoms with Gasteiger partial charge in [0.05, 0.1) is 0 Å². The molecule has 0 radical (unpaired) electrons. The first-order valence-electron chi connectivity index (χ1n) is 3.38. The van der Waals surface area contributed by atoms with Crippen LogP contribution in [0.4, 0.5) is 0 Å². The van der Waals surface area contributed by atoms with Crippen molar-refractivity contribution in [1.29, 1.82) is 0 Å². The number of nitrogens with two attached hydrogens (primary N) is 1. The Labute approximate surface area is 68.3 Å². The van der Waals surface area contributed by atoms with Gasteiger partial charge in [0.25, 0.3) is 0 Å². The van der Waals surface area contributed by atoms with Gasteiger partial charge in [0.2, 0.25) is 0 Å². The van der Waals surface area contributed by atoms with Gasteiger partial charge in [-0.2, -0.15) is 0 Å². The van der Waals surface area contributed by atoms with Crippen LogP contribution in [0.1, 0.15) is 19.8 Å². The quantitative estimate of drug-likeness (QED) is 0.281. The van der Waals surface area contributed by atoms with Gasteiger partial charge >= 0.3 is 5.97 Å². The third-order valence-electron chi connectivity index (χ3n) is 1.48. The Hall–Kier alpha value is 0.0169. The van der Waals surface area contributed by atoms with Crippen LogP contribution in [-0.4, -0.2) is 37.5 Å². The van der Waals surface area contributed by atoms with E-state index in [2.05, 4.69) is 4.43 Å². The molecule has 0 fully saturated rings. The fraction of sp³-hybridized carbons (Fsp3) is 1.00. The Bertz CT molecular complexity index is 128. The minimum absolute atomic E-state index is 0.0717. The van der Waals surface area contributed by atoms with E-state index < -0.39 is 11.7 Å². The van der Waals surface area contributed by atoms with Crippen molar-refractivity contribution in [2.24, 2.45) is 5.73 Å². The summed E-state index contributed by atoms with van der Waals surface area (Å²) in [6.45, 7) is 1.76. The lowest BCUT2D eigenvalue weighted by molar-refractivity contribution is -0.375. The van der Waals surface area contributed by atoms with Crippen molar-refractivity contribution in [2.75, 3.05) is 0 Å². The molecule has 11 heavy (non-hydrogen) atoms. The van der Waals surface area contributed by atoms with Crippen LogP contribution in [0.15, 0.2) is 0 Å². The maximum absolute atomic E-state index is 9.22. The summed E-state index contributed by atoms with van der Waals surface area (Å²) in [6, 6.07) is 0. The van der Waals surface area contributed by atoms with Gasteiger partial charge < -0.3 is 19.7 Å². The normalized spacial score (nSPS) is 18.3. The molecule has 0 heterocycles. The lowest BCUT2D eigenvalue weighted by Crippen LogP contribution is -2.62. The molecule has 5 N–H and O–H groups in total. The molecular weight excluding hydrogens is 166 g/mol. The van der Waals surface area contributed by atoms with Crippen LogP contribution < -0.4 is 5.73 Å². The molecule has 0 bridgehead atoms. The summed E-state index contributed by atoms with van der Waals surface area (Å²) < 4.78 is 4.33. The summed E-state index contributed by atoms with van der Waals surface area (Å²) in [5.41, 5.74) is 3.09. The second-order valence-electron chi connectivity index (χ2n) is 2.49. The number of rotatable bonds is 4. The SMILES string of the molecule is CCCC(N)(O)C(O)(O)O[SiH3]. The molecule has 0 rings (SSSR count). The third-order valence-corrected chi connectivity index (χ3v) is 2.05. The molecule has 0 amide bonds. The molecule has 1 unspecified atom stereocenters. The van der Waals surface area contributed by atoms with Crippen molar-refractivity contribution in [1.82, 2.24) is 0 Å². The summed E-state index contributed by atoms with van der Waals surface area (Å²) in [5, 5.41) is 27.2. The van der Waals surface area contributed by atoms with Crippen LogP contribution in [0.3, 0.4) is 0 Å². The lowest BCUT2D eigenvalue weighted by Gasteiger charge is -2.34. The fourth-order valence-corrected chi connectivity index (χ4v) is 1.07. The van der Waals surface area contributed by atoms with Gasteiger partial charge in [-0.05, 0) is 6.42 Å². The maximum Gasteiger partial charge on any atom is 0.312 e. The van der Waals surface area contributed by atoms with E-state index in [1.165, 1.54) is 0 Å². The summed E-state index contributed by atoms with van der Waals surface area (Å²) in [6.07, 6.45) is 0.614. The zero-order valence-electron chi connectivity index (χ0n) is 6.74. The molecule has 6 heteroatoms. The van der Waals surface area contributed by atoms with E-state index in [1.54, 1.807) is 6.92 Å². The molecule has 5 nitrogen and oxygen atoms in total. The monoisotopic (exact) mass is 181 g/mol. The van der Waals surface area contributed by atoms with Gasteiger partial charge in [-0.1, -0.05) is 13.3 Å². The van der Waals surface area contributed by atoms with Gasteiger partial charge in [0, 0.05) is 0 Å². The molecular formula is C5H15NO4Si. The molecule has 1 atom stereocenters. The highest BCUT2D eigenvalue weighted by Gasteiger charge is 2.44. The zero-order chi connectivity index (χ0) is 9.12.